The molecule has 1 amide bonds. The van der Waals surface area contributed by atoms with Gasteiger partial charge in [0.05, 0.1) is 5.56 Å². The quantitative estimate of drug-likeness (QED) is 0.915. The molecular weight excluding hydrogens is 264 g/mol. The highest BCUT2D eigenvalue weighted by Gasteiger charge is 2.28. The maximum absolute atomic E-state index is 12.8. The summed E-state index contributed by atoms with van der Waals surface area (Å²) in [5, 5.41) is 0. The molecule has 0 radical (unpaired) electrons. The van der Waals surface area contributed by atoms with E-state index in [4.69, 9.17) is 5.73 Å². The average molecular weight is 288 g/mol. The van der Waals surface area contributed by atoms with Crippen LogP contribution in [0.4, 0.5) is 5.82 Å². The molecule has 1 unspecified atom stereocenters. The molecule has 1 aromatic rings. The Morgan fingerprint density at radius 3 is 2.81 bits per heavy atom. The summed E-state index contributed by atoms with van der Waals surface area (Å²) >= 11 is 0. The van der Waals surface area contributed by atoms with Crippen molar-refractivity contribution in [3.05, 3.63) is 23.9 Å². The standard InChI is InChI=1S/C16H24N4O/c17-11-13-6-10-20(12-13)16(21)14-5-4-7-18-15(14)19-8-2-1-3-9-19/h4-5,7,13H,1-3,6,8-12,17H2. The average Bonchev–Trinajstić information content (AvgIpc) is 3.04. The van der Waals surface area contributed by atoms with E-state index in [2.05, 4.69) is 9.88 Å². The third-order valence-electron chi connectivity index (χ3n) is 4.58. The zero-order valence-corrected chi connectivity index (χ0v) is 12.5. The summed E-state index contributed by atoms with van der Waals surface area (Å²) in [4.78, 5) is 21.5. The van der Waals surface area contributed by atoms with Gasteiger partial charge < -0.3 is 15.5 Å². The van der Waals surface area contributed by atoms with E-state index in [0.717, 1.165) is 44.0 Å². The number of nitrogens with zero attached hydrogens (tertiary/aromatic N) is 3. The van der Waals surface area contributed by atoms with Gasteiger partial charge in [0.15, 0.2) is 0 Å². The van der Waals surface area contributed by atoms with Crippen LogP contribution in [0.25, 0.3) is 0 Å². The number of hydrogen-bond acceptors (Lipinski definition) is 4. The van der Waals surface area contributed by atoms with E-state index in [1.165, 1.54) is 19.3 Å². The first kappa shape index (κ1) is 14.3. The van der Waals surface area contributed by atoms with Gasteiger partial charge in [-0.15, -0.1) is 0 Å². The Bertz CT molecular complexity index is 499. The summed E-state index contributed by atoms with van der Waals surface area (Å²) < 4.78 is 0. The second-order valence-electron chi connectivity index (χ2n) is 6.06. The van der Waals surface area contributed by atoms with Crippen LogP contribution >= 0.6 is 0 Å². The number of carbonyl (C=O) groups excluding carboxylic acids is 1. The molecule has 1 atom stereocenters. The molecule has 0 saturated carbocycles. The van der Waals surface area contributed by atoms with Gasteiger partial charge in [0.1, 0.15) is 5.82 Å². The topological polar surface area (TPSA) is 62.5 Å². The maximum atomic E-state index is 12.8. The van der Waals surface area contributed by atoms with E-state index in [-0.39, 0.29) is 5.91 Å². The molecule has 2 aliphatic heterocycles. The minimum Gasteiger partial charge on any atom is -0.356 e. The number of hydrogen-bond donors (Lipinski definition) is 1. The van der Waals surface area contributed by atoms with Crippen LogP contribution < -0.4 is 10.6 Å². The van der Waals surface area contributed by atoms with Crippen LogP contribution in [-0.4, -0.2) is 48.5 Å². The van der Waals surface area contributed by atoms with E-state index >= 15 is 0 Å². The first-order valence-electron chi connectivity index (χ1n) is 7.99. The number of likely N-dealkylation sites (tertiary alicyclic amines) is 1. The Morgan fingerprint density at radius 1 is 1.29 bits per heavy atom. The maximum Gasteiger partial charge on any atom is 0.257 e. The molecule has 2 fully saturated rings. The Hall–Kier alpha value is -1.62. The first-order valence-corrected chi connectivity index (χ1v) is 7.99. The largest absolute Gasteiger partial charge is 0.356 e. The normalized spacial score (nSPS) is 22.6. The van der Waals surface area contributed by atoms with Gasteiger partial charge in [-0.1, -0.05) is 0 Å². The third-order valence-corrected chi connectivity index (χ3v) is 4.58. The molecule has 5 nitrogen and oxygen atoms in total. The molecule has 2 saturated heterocycles. The lowest BCUT2D eigenvalue weighted by atomic mass is 10.1. The van der Waals surface area contributed by atoms with Gasteiger partial charge in [0.2, 0.25) is 0 Å². The van der Waals surface area contributed by atoms with Gasteiger partial charge in [-0.25, -0.2) is 4.98 Å². The molecule has 3 rings (SSSR count). The molecule has 0 spiro atoms. The first-order chi connectivity index (χ1) is 10.3. The van der Waals surface area contributed by atoms with Crippen LogP contribution in [0.5, 0.6) is 0 Å². The Kier molecular flexibility index (Phi) is 4.39. The Balaban J connectivity index is 1.79. The molecule has 21 heavy (non-hydrogen) atoms. The van der Waals surface area contributed by atoms with E-state index < -0.39 is 0 Å². The number of anilines is 1. The lowest BCUT2D eigenvalue weighted by Gasteiger charge is -2.29. The summed E-state index contributed by atoms with van der Waals surface area (Å²) in [7, 11) is 0. The fourth-order valence-corrected chi connectivity index (χ4v) is 3.30. The van der Waals surface area contributed by atoms with Crippen LogP contribution in [0.3, 0.4) is 0 Å². The minimum atomic E-state index is 0.111. The number of piperidine rings is 1. The van der Waals surface area contributed by atoms with Gasteiger partial charge in [0, 0.05) is 32.4 Å². The third kappa shape index (κ3) is 3.02. The van der Waals surface area contributed by atoms with Gasteiger partial charge in [0.25, 0.3) is 5.91 Å². The van der Waals surface area contributed by atoms with Crippen molar-refractivity contribution in [3.63, 3.8) is 0 Å². The molecule has 2 N–H and O–H groups in total. The lowest BCUT2D eigenvalue weighted by molar-refractivity contribution is 0.0788. The zero-order chi connectivity index (χ0) is 14.7. The number of amides is 1. The summed E-state index contributed by atoms with van der Waals surface area (Å²) in [5.41, 5.74) is 6.47. The molecule has 3 heterocycles. The van der Waals surface area contributed by atoms with Crippen LogP contribution in [-0.2, 0) is 0 Å². The van der Waals surface area contributed by atoms with Gasteiger partial charge in [-0.05, 0) is 50.3 Å². The van der Waals surface area contributed by atoms with Crippen LogP contribution in [0.2, 0.25) is 0 Å². The van der Waals surface area contributed by atoms with Crippen molar-refractivity contribution >= 4 is 11.7 Å². The highest BCUT2D eigenvalue weighted by Crippen LogP contribution is 2.25. The van der Waals surface area contributed by atoms with Crippen molar-refractivity contribution in [1.82, 2.24) is 9.88 Å². The fraction of sp³-hybridized carbons (Fsp3) is 0.625. The number of carbonyl (C=O) groups is 1. The van der Waals surface area contributed by atoms with Crippen molar-refractivity contribution in [2.24, 2.45) is 11.7 Å². The minimum absolute atomic E-state index is 0.111. The van der Waals surface area contributed by atoms with Crippen LogP contribution in [0.15, 0.2) is 18.3 Å². The van der Waals surface area contributed by atoms with Crippen molar-refractivity contribution in [3.8, 4) is 0 Å². The smallest absolute Gasteiger partial charge is 0.257 e. The number of nitrogens with two attached hydrogens (primary N) is 1. The Morgan fingerprint density at radius 2 is 2.10 bits per heavy atom. The summed E-state index contributed by atoms with van der Waals surface area (Å²) in [6.07, 6.45) is 6.44. The van der Waals surface area contributed by atoms with Gasteiger partial charge in [-0.3, -0.25) is 4.79 Å². The Labute approximate surface area is 126 Å². The highest BCUT2D eigenvalue weighted by atomic mass is 16.2. The van der Waals surface area contributed by atoms with Crippen molar-refractivity contribution < 1.29 is 4.79 Å². The molecule has 0 bridgehead atoms. The molecule has 1 aromatic heterocycles. The fourth-order valence-electron chi connectivity index (χ4n) is 3.30. The molecule has 2 aliphatic rings. The van der Waals surface area contributed by atoms with E-state index in [1.807, 2.05) is 17.0 Å². The molecule has 5 heteroatoms. The van der Waals surface area contributed by atoms with Crippen LogP contribution in [0.1, 0.15) is 36.0 Å². The summed E-state index contributed by atoms with van der Waals surface area (Å²) in [5.74, 6) is 1.42. The monoisotopic (exact) mass is 288 g/mol. The number of aromatic nitrogens is 1. The van der Waals surface area contributed by atoms with Crippen molar-refractivity contribution in [2.45, 2.75) is 25.7 Å². The van der Waals surface area contributed by atoms with E-state index in [9.17, 15) is 4.79 Å². The van der Waals surface area contributed by atoms with E-state index in [1.54, 1.807) is 6.20 Å². The molecule has 0 aromatic carbocycles. The van der Waals surface area contributed by atoms with Crippen LogP contribution in [0, 0.1) is 5.92 Å². The number of rotatable bonds is 3. The lowest BCUT2D eigenvalue weighted by Crippen LogP contribution is -2.35. The van der Waals surface area contributed by atoms with Gasteiger partial charge in [-0.2, -0.15) is 0 Å². The molecule has 0 aliphatic carbocycles. The second-order valence-corrected chi connectivity index (χ2v) is 6.06. The summed E-state index contributed by atoms with van der Waals surface area (Å²) in [6.45, 7) is 4.26. The zero-order valence-electron chi connectivity index (χ0n) is 12.5. The predicted octanol–water partition coefficient (Wildman–Crippen LogP) is 1.49. The van der Waals surface area contributed by atoms with Gasteiger partial charge >= 0.3 is 0 Å². The predicted molar refractivity (Wildman–Crippen MR) is 83.4 cm³/mol. The van der Waals surface area contributed by atoms with Crippen molar-refractivity contribution in [1.29, 1.82) is 0 Å². The second kappa shape index (κ2) is 6.43. The molecular formula is C16H24N4O. The van der Waals surface area contributed by atoms with E-state index in [0.29, 0.717) is 12.5 Å². The highest BCUT2D eigenvalue weighted by molar-refractivity contribution is 5.99. The SMILES string of the molecule is NCC1CCN(C(=O)c2cccnc2N2CCCCC2)C1. The number of pyridine rings is 1. The van der Waals surface area contributed by atoms with Crippen molar-refractivity contribution in [2.75, 3.05) is 37.6 Å². The molecule has 114 valence electrons. The summed E-state index contributed by atoms with van der Waals surface area (Å²) in [6, 6.07) is 3.77.